The number of ketones is 1. The maximum atomic E-state index is 12.9. The molecule has 0 bridgehead atoms. The minimum Gasteiger partial charge on any atom is -0.293 e. The molecule has 0 saturated carbocycles. The zero-order valence-electron chi connectivity index (χ0n) is 12.0. The van der Waals surface area contributed by atoms with Gasteiger partial charge >= 0.3 is 0 Å². The van der Waals surface area contributed by atoms with Crippen molar-refractivity contribution in [2.24, 2.45) is 0 Å². The van der Waals surface area contributed by atoms with E-state index in [-0.39, 0.29) is 16.9 Å². The Morgan fingerprint density at radius 1 is 1.05 bits per heavy atom. The SMILES string of the molecule is C[C@H](Sc1ccc2ccccc2n1)C(=O)c1ccc(F)cc1. The van der Waals surface area contributed by atoms with Gasteiger partial charge in [0.1, 0.15) is 5.82 Å². The lowest BCUT2D eigenvalue weighted by Crippen LogP contribution is -2.13. The number of pyridine rings is 1. The first-order chi connectivity index (χ1) is 10.6. The number of halogens is 1. The summed E-state index contributed by atoms with van der Waals surface area (Å²) in [5.74, 6) is -0.368. The van der Waals surface area contributed by atoms with E-state index in [1.807, 2.05) is 43.3 Å². The summed E-state index contributed by atoms with van der Waals surface area (Å²) < 4.78 is 12.9. The van der Waals surface area contributed by atoms with E-state index < -0.39 is 0 Å². The molecule has 0 saturated heterocycles. The highest BCUT2D eigenvalue weighted by Crippen LogP contribution is 2.26. The molecule has 0 aliphatic rings. The van der Waals surface area contributed by atoms with E-state index >= 15 is 0 Å². The van der Waals surface area contributed by atoms with Gasteiger partial charge in [-0.2, -0.15) is 0 Å². The highest BCUT2D eigenvalue weighted by molar-refractivity contribution is 8.00. The summed E-state index contributed by atoms with van der Waals surface area (Å²) in [6.45, 7) is 1.84. The highest BCUT2D eigenvalue weighted by atomic mass is 32.2. The van der Waals surface area contributed by atoms with Crippen molar-refractivity contribution in [3.63, 3.8) is 0 Å². The minimum atomic E-state index is -0.340. The summed E-state index contributed by atoms with van der Waals surface area (Å²) in [7, 11) is 0. The number of para-hydroxylation sites is 1. The predicted octanol–water partition coefficient (Wildman–Crippen LogP) is 4.74. The van der Waals surface area contributed by atoms with Gasteiger partial charge in [0.05, 0.1) is 15.8 Å². The van der Waals surface area contributed by atoms with Crippen molar-refractivity contribution in [2.75, 3.05) is 0 Å². The molecule has 0 radical (unpaired) electrons. The smallest absolute Gasteiger partial charge is 0.175 e. The van der Waals surface area contributed by atoms with Gasteiger partial charge in [-0.25, -0.2) is 9.37 Å². The molecular weight excluding hydrogens is 297 g/mol. The van der Waals surface area contributed by atoms with Crippen molar-refractivity contribution in [2.45, 2.75) is 17.2 Å². The van der Waals surface area contributed by atoms with E-state index in [0.29, 0.717) is 5.56 Å². The molecule has 22 heavy (non-hydrogen) atoms. The Labute approximate surface area is 132 Å². The van der Waals surface area contributed by atoms with Gasteiger partial charge in [0.25, 0.3) is 0 Å². The number of Topliss-reactive ketones (excluding diaryl/α,β-unsaturated/α-hetero) is 1. The second kappa shape index (κ2) is 6.28. The molecule has 0 aliphatic carbocycles. The van der Waals surface area contributed by atoms with Gasteiger partial charge in [0.2, 0.25) is 0 Å². The van der Waals surface area contributed by atoms with E-state index in [0.717, 1.165) is 15.9 Å². The van der Waals surface area contributed by atoms with Crippen LogP contribution >= 0.6 is 11.8 Å². The molecular formula is C18H14FNOS. The van der Waals surface area contributed by atoms with Crippen molar-refractivity contribution >= 4 is 28.4 Å². The molecule has 4 heteroatoms. The molecule has 2 nitrogen and oxygen atoms in total. The number of carbonyl (C=O) groups is 1. The Kier molecular flexibility index (Phi) is 4.20. The fourth-order valence-corrected chi connectivity index (χ4v) is 3.10. The number of aromatic nitrogens is 1. The van der Waals surface area contributed by atoms with Crippen LogP contribution in [0.3, 0.4) is 0 Å². The average molecular weight is 311 g/mol. The van der Waals surface area contributed by atoms with Crippen molar-refractivity contribution in [1.82, 2.24) is 4.98 Å². The first-order valence-corrected chi connectivity index (χ1v) is 7.84. The first-order valence-electron chi connectivity index (χ1n) is 6.96. The van der Waals surface area contributed by atoms with Crippen LogP contribution in [0.25, 0.3) is 10.9 Å². The largest absolute Gasteiger partial charge is 0.293 e. The lowest BCUT2D eigenvalue weighted by molar-refractivity contribution is 0.0994. The van der Waals surface area contributed by atoms with Gasteiger partial charge in [0, 0.05) is 10.9 Å². The summed E-state index contributed by atoms with van der Waals surface area (Å²) in [4.78, 5) is 16.9. The van der Waals surface area contributed by atoms with Crippen LogP contribution in [0.5, 0.6) is 0 Å². The lowest BCUT2D eigenvalue weighted by atomic mass is 10.1. The Balaban J connectivity index is 1.78. The highest BCUT2D eigenvalue weighted by Gasteiger charge is 2.17. The third-order valence-corrected chi connectivity index (χ3v) is 4.40. The molecule has 3 rings (SSSR count). The van der Waals surface area contributed by atoms with E-state index in [4.69, 9.17) is 0 Å². The average Bonchev–Trinajstić information content (AvgIpc) is 2.55. The van der Waals surface area contributed by atoms with Crippen molar-refractivity contribution in [1.29, 1.82) is 0 Å². The molecule has 0 N–H and O–H groups in total. The minimum absolute atomic E-state index is 0.0278. The first kappa shape index (κ1) is 14.7. The van der Waals surface area contributed by atoms with Crippen LogP contribution < -0.4 is 0 Å². The molecule has 110 valence electrons. The van der Waals surface area contributed by atoms with Crippen molar-refractivity contribution in [3.8, 4) is 0 Å². The summed E-state index contributed by atoms with van der Waals surface area (Å²) in [5.41, 5.74) is 1.43. The molecule has 3 aromatic rings. The number of thioether (sulfide) groups is 1. The molecule has 0 unspecified atom stereocenters. The zero-order valence-corrected chi connectivity index (χ0v) is 12.8. The second-order valence-corrected chi connectivity index (χ2v) is 6.33. The van der Waals surface area contributed by atoms with Crippen LogP contribution in [-0.2, 0) is 0 Å². The van der Waals surface area contributed by atoms with E-state index in [1.165, 1.54) is 36.0 Å². The number of carbonyl (C=O) groups excluding carboxylic acids is 1. The molecule has 0 aliphatic heterocycles. The summed E-state index contributed by atoms with van der Waals surface area (Å²) in [6, 6.07) is 17.4. The van der Waals surface area contributed by atoms with Gasteiger partial charge < -0.3 is 0 Å². The Hall–Kier alpha value is -2.20. The van der Waals surface area contributed by atoms with E-state index in [9.17, 15) is 9.18 Å². The third kappa shape index (κ3) is 3.17. The van der Waals surface area contributed by atoms with Gasteiger partial charge in [-0.1, -0.05) is 36.0 Å². The van der Waals surface area contributed by atoms with Crippen LogP contribution in [0.15, 0.2) is 65.7 Å². The molecule has 2 aromatic carbocycles. The van der Waals surface area contributed by atoms with E-state index in [2.05, 4.69) is 4.98 Å². The van der Waals surface area contributed by atoms with Crippen molar-refractivity contribution in [3.05, 3.63) is 72.0 Å². The lowest BCUT2D eigenvalue weighted by Gasteiger charge is -2.10. The number of nitrogens with zero attached hydrogens (tertiary/aromatic N) is 1. The van der Waals surface area contributed by atoms with Crippen LogP contribution in [0, 0.1) is 5.82 Å². The number of rotatable bonds is 4. The van der Waals surface area contributed by atoms with Crippen molar-refractivity contribution < 1.29 is 9.18 Å². The Bertz CT molecular complexity index is 817. The third-order valence-electron chi connectivity index (χ3n) is 3.37. The molecule has 0 amide bonds. The number of benzene rings is 2. The zero-order chi connectivity index (χ0) is 15.5. The summed E-state index contributed by atoms with van der Waals surface area (Å²) in [6.07, 6.45) is 0. The standard InChI is InChI=1S/C18H14FNOS/c1-12(18(21)14-6-9-15(19)10-7-14)22-17-11-8-13-4-2-3-5-16(13)20-17/h2-12H,1H3/t12-/m0/s1. The summed E-state index contributed by atoms with van der Waals surface area (Å²) in [5, 5.41) is 1.60. The summed E-state index contributed by atoms with van der Waals surface area (Å²) >= 11 is 1.41. The molecule has 1 heterocycles. The predicted molar refractivity (Wildman–Crippen MR) is 87.8 cm³/mol. The monoisotopic (exact) mass is 311 g/mol. The molecule has 0 fully saturated rings. The van der Waals surface area contributed by atoms with Gasteiger partial charge in [-0.05, 0) is 43.3 Å². The van der Waals surface area contributed by atoms with Crippen LogP contribution in [0.2, 0.25) is 0 Å². The quantitative estimate of drug-likeness (QED) is 0.515. The number of hydrogen-bond donors (Lipinski definition) is 0. The van der Waals surface area contributed by atoms with Gasteiger partial charge in [-0.3, -0.25) is 4.79 Å². The molecule has 0 spiro atoms. The fourth-order valence-electron chi connectivity index (χ4n) is 2.20. The van der Waals surface area contributed by atoms with Gasteiger partial charge in [0.15, 0.2) is 5.78 Å². The van der Waals surface area contributed by atoms with Gasteiger partial charge in [-0.15, -0.1) is 0 Å². The second-order valence-electron chi connectivity index (χ2n) is 4.97. The maximum absolute atomic E-state index is 12.9. The topological polar surface area (TPSA) is 30.0 Å². The van der Waals surface area contributed by atoms with Crippen LogP contribution in [-0.4, -0.2) is 16.0 Å². The fraction of sp³-hybridized carbons (Fsp3) is 0.111. The Morgan fingerprint density at radius 3 is 2.55 bits per heavy atom. The molecule has 1 aromatic heterocycles. The maximum Gasteiger partial charge on any atom is 0.175 e. The van der Waals surface area contributed by atoms with Crippen LogP contribution in [0.1, 0.15) is 17.3 Å². The number of fused-ring (bicyclic) bond motifs is 1. The number of hydrogen-bond acceptors (Lipinski definition) is 3. The normalized spacial score (nSPS) is 12.3. The molecule has 1 atom stereocenters. The Morgan fingerprint density at radius 2 is 1.77 bits per heavy atom. The van der Waals surface area contributed by atoms with Crippen LogP contribution in [0.4, 0.5) is 4.39 Å². The van der Waals surface area contributed by atoms with E-state index in [1.54, 1.807) is 0 Å².